The second-order valence-corrected chi connectivity index (χ2v) is 12.1. The van der Waals surface area contributed by atoms with Crippen LogP contribution in [-0.2, 0) is 16.1 Å². The molecule has 45 heavy (non-hydrogen) atoms. The van der Waals surface area contributed by atoms with Crippen molar-refractivity contribution in [2.45, 2.75) is 25.6 Å². The summed E-state index contributed by atoms with van der Waals surface area (Å²) < 4.78 is 20.1. The number of carbonyl (C=O) groups is 3. The van der Waals surface area contributed by atoms with Gasteiger partial charge >= 0.3 is 18.0 Å². The Morgan fingerprint density at radius 2 is 1.96 bits per heavy atom. The van der Waals surface area contributed by atoms with Gasteiger partial charge in [-0.1, -0.05) is 35.9 Å². The molecule has 3 aliphatic heterocycles. The second-order valence-electron chi connectivity index (χ2n) is 10.8. The number of carbonyl (C=O) groups excluding carboxylic acids is 2. The van der Waals surface area contributed by atoms with E-state index in [2.05, 4.69) is 15.2 Å². The van der Waals surface area contributed by atoms with Gasteiger partial charge in [0.15, 0.2) is 10.8 Å². The van der Waals surface area contributed by atoms with Crippen molar-refractivity contribution in [1.29, 1.82) is 0 Å². The number of hydrogen-bond donors (Lipinski definition) is 2. The lowest BCUT2D eigenvalue weighted by molar-refractivity contribution is -0.139. The fourth-order valence-electron chi connectivity index (χ4n) is 5.89. The van der Waals surface area contributed by atoms with Crippen LogP contribution in [0.1, 0.15) is 39.5 Å². The van der Waals surface area contributed by atoms with Gasteiger partial charge in [-0.05, 0) is 30.7 Å². The quantitative estimate of drug-likeness (QED) is 0.330. The van der Waals surface area contributed by atoms with E-state index in [0.29, 0.717) is 61.4 Å². The number of rotatable bonds is 9. The number of carboxylic acid groups (broad SMARTS) is 1. The summed E-state index contributed by atoms with van der Waals surface area (Å²) >= 11 is 7.80. The third-order valence-electron chi connectivity index (χ3n) is 8.00. The summed E-state index contributed by atoms with van der Waals surface area (Å²) in [6, 6.07) is 9.87. The molecule has 0 spiro atoms. The molecule has 2 saturated heterocycles. The molecule has 2 atom stereocenters. The van der Waals surface area contributed by atoms with E-state index >= 15 is 0 Å². The topological polar surface area (TPSA) is 128 Å². The van der Waals surface area contributed by atoms with Crippen LogP contribution in [0.3, 0.4) is 0 Å². The molecule has 3 aliphatic rings. The highest BCUT2D eigenvalue weighted by atomic mass is 35.5. The Bertz CT molecular complexity index is 1680. The predicted octanol–water partition coefficient (Wildman–Crippen LogP) is 4.16. The summed E-state index contributed by atoms with van der Waals surface area (Å²) in [6.45, 7) is 4.64. The number of esters is 1. The number of piperazine rings is 1. The number of carboxylic acids is 1. The summed E-state index contributed by atoms with van der Waals surface area (Å²) in [7, 11) is 0. The Kier molecular flexibility index (Phi) is 8.83. The van der Waals surface area contributed by atoms with Crippen molar-refractivity contribution in [2.75, 3.05) is 39.3 Å². The smallest absolute Gasteiger partial charge is 0.338 e. The van der Waals surface area contributed by atoms with Gasteiger partial charge in [0.05, 0.1) is 28.8 Å². The summed E-state index contributed by atoms with van der Waals surface area (Å²) in [4.78, 5) is 52.9. The maximum Gasteiger partial charge on any atom is 0.338 e. The van der Waals surface area contributed by atoms with E-state index in [9.17, 15) is 23.9 Å². The molecule has 1 unspecified atom stereocenters. The third-order valence-corrected chi connectivity index (χ3v) is 9.18. The molecule has 14 heteroatoms. The van der Waals surface area contributed by atoms with Crippen molar-refractivity contribution in [3.63, 3.8) is 0 Å². The summed E-state index contributed by atoms with van der Waals surface area (Å²) in [5, 5.41) is 14.8. The Labute approximate surface area is 267 Å². The number of thiazole rings is 1. The molecule has 4 heterocycles. The van der Waals surface area contributed by atoms with Gasteiger partial charge in [0.2, 0.25) is 0 Å². The number of nitrogens with one attached hydrogen (secondary N) is 1. The highest BCUT2D eigenvalue weighted by Gasteiger charge is 2.42. The van der Waals surface area contributed by atoms with Gasteiger partial charge in [0, 0.05) is 62.1 Å². The van der Waals surface area contributed by atoms with Gasteiger partial charge in [-0.3, -0.25) is 9.89 Å². The third kappa shape index (κ3) is 6.28. The van der Waals surface area contributed by atoms with Crippen LogP contribution in [0.5, 0.6) is 0 Å². The van der Waals surface area contributed by atoms with E-state index in [-0.39, 0.29) is 34.8 Å². The van der Waals surface area contributed by atoms with Crippen molar-refractivity contribution >= 4 is 46.7 Å². The molecule has 3 aromatic rings. The normalized spacial score (nSPS) is 20.2. The zero-order valence-corrected chi connectivity index (χ0v) is 25.9. The van der Waals surface area contributed by atoms with Gasteiger partial charge in [0.25, 0.3) is 0 Å². The van der Waals surface area contributed by atoms with Crippen molar-refractivity contribution in [3.8, 4) is 0 Å². The Morgan fingerprint density at radius 1 is 1.16 bits per heavy atom. The number of aromatic carboxylic acids is 1. The fraction of sp³-hybridized carbons (Fsp3) is 0.323. The van der Waals surface area contributed by atoms with Crippen LogP contribution in [0.4, 0.5) is 9.18 Å². The summed E-state index contributed by atoms with van der Waals surface area (Å²) in [5.41, 5.74) is 2.16. The minimum absolute atomic E-state index is 0.0665. The number of urea groups is 1. The number of nitrogens with zero attached hydrogens (tertiary/aromatic N) is 5. The van der Waals surface area contributed by atoms with Gasteiger partial charge in [-0.2, -0.15) is 0 Å². The van der Waals surface area contributed by atoms with Gasteiger partial charge in [0.1, 0.15) is 11.9 Å². The molecule has 0 radical (unpaired) electrons. The number of benzene rings is 2. The van der Waals surface area contributed by atoms with Gasteiger partial charge in [-0.15, -0.1) is 11.3 Å². The fourth-order valence-corrected chi connectivity index (χ4v) is 6.71. The van der Waals surface area contributed by atoms with E-state index in [4.69, 9.17) is 21.3 Å². The zero-order chi connectivity index (χ0) is 31.7. The maximum absolute atomic E-state index is 14.6. The van der Waals surface area contributed by atoms with Crippen LogP contribution >= 0.6 is 22.9 Å². The molecule has 0 bridgehead atoms. The van der Waals surface area contributed by atoms with Crippen LogP contribution in [0.2, 0.25) is 5.02 Å². The monoisotopic (exact) mass is 652 g/mol. The van der Waals surface area contributed by atoms with E-state index in [0.717, 1.165) is 5.56 Å². The molecule has 1 aromatic heterocycles. The van der Waals surface area contributed by atoms with E-state index < -0.39 is 23.8 Å². The molecule has 11 nitrogen and oxygen atoms in total. The molecule has 2 fully saturated rings. The van der Waals surface area contributed by atoms with Crippen molar-refractivity contribution < 1.29 is 28.6 Å². The molecular formula is C31H30ClFN6O5S. The van der Waals surface area contributed by atoms with Crippen LogP contribution in [-0.4, -0.2) is 94.0 Å². The molecule has 2 amide bonds. The standard InChI is InChI=1S/C31H30ClFN6O5S/c1-2-44-30(42)24-23(35-27(28-34-10-13-45-28)36-26(24)21-4-3-5-22(33)25(21)32)17-37-11-12-39-20(15-37)16-38(31(39)43)14-18-6-8-19(9-7-18)29(40)41/h3-10,13,20,26H,2,11-12,14-17H2,1H3,(H,35,36)(H,40,41)/t20?,26-/m0/s1. The number of aromatic nitrogens is 1. The molecular weight excluding hydrogens is 623 g/mol. The zero-order valence-electron chi connectivity index (χ0n) is 24.3. The van der Waals surface area contributed by atoms with Crippen LogP contribution in [0, 0.1) is 5.82 Å². The molecule has 2 N–H and O–H groups in total. The van der Waals surface area contributed by atoms with Crippen molar-refractivity contribution in [2.24, 2.45) is 4.99 Å². The molecule has 2 aromatic carbocycles. The van der Waals surface area contributed by atoms with Crippen LogP contribution in [0.25, 0.3) is 0 Å². The number of aliphatic imine (C=N–C) groups is 1. The van der Waals surface area contributed by atoms with E-state index in [1.165, 1.54) is 35.6 Å². The van der Waals surface area contributed by atoms with E-state index in [1.54, 1.807) is 36.2 Å². The first kappa shape index (κ1) is 30.7. The average Bonchev–Trinajstić information content (AvgIpc) is 3.67. The molecule has 234 valence electrons. The lowest BCUT2D eigenvalue weighted by atomic mass is 9.95. The largest absolute Gasteiger partial charge is 0.478 e. The van der Waals surface area contributed by atoms with Crippen molar-refractivity contribution in [1.82, 2.24) is 25.0 Å². The van der Waals surface area contributed by atoms with E-state index in [1.807, 2.05) is 10.3 Å². The van der Waals surface area contributed by atoms with Crippen LogP contribution < -0.4 is 5.32 Å². The SMILES string of the molecule is CCOC(=O)C1=C(CN2CCN3C(=O)N(Cc4ccc(C(=O)O)cc4)CC3C2)NC(c2nccs2)=N[C@H]1c1cccc(F)c1Cl. The molecule has 0 saturated carbocycles. The number of hydrogen-bond acceptors (Lipinski definition) is 9. The number of ether oxygens (including phenoxy) is 1. The number of fused-ring (bicyclic) bond motifs is 1. The molecule has 6 rings (SSSR count). The highest BCUT2D eigenvalue weighted by molar-refractivity contribution is 7.11. The van der Waals surface area contributed by atoms with Crippen molar-refractivity contribution in [3.05, 3.63) is 97.8 Å². The second kappa shape index (κ2) is 13.0. The average molecular weight is 653 g/mol. The Hall–Kier alpha value is -4.33. The number of halogens is 2. The minimum atomic E-state index is -1.000. The Balaban J connectivity index is 1.26. The minimum Gasteiger partial charge on any atom is -0.478 e. The first-order valence-corrected chi connectivity index (χ1v) is 15.7. The van der Waals surface area contributed by atoms with Gasteiger partial charge < -0.3 is 25.0 Å². The Morgan fingerprint density at radius 3 is 2.67 bits per heavy atom. The highest BCUT2D eigenvalue weighted by Crippen LogP contribution is 2.37. The van der Waals surface area contributed by atoms with Crippen LogP contribution in [0.15, 0.2) is 70.3 Å². The number of amides is 2. The summed E-state index contributed by atoms with van der Waals surface area (Å²) in [5.74, 6) is -1.76. The maximum atomic E-state index is 14.6. The predicted molar refractivity (Wildman–Crippen MR) is 166 cm³/mol. The molecule has 0 aliphatic carbocycles. The summed E-state index contributed by atoms with van der Waals surface area (Å²) in [6.07, 6.45) is 1.65. The lowest BCUT2D eigenvalue weighted by Crippen LogP contribution is -2.53. The van der Waals surface area contributed by atoms with Gasteiger partial charge in [-0.25, -0.2) is 23.8 Å². The number of amidine groups is 1. The lowest BCUT2D eigenvalue weighted by Gasteiger charge is -2.38. The first-order chi connectivity index (χ1) is 21.7. The first-order valence-electron chi connectivity index (χ1n) is 14.4.